The number of hydrogen-bond donors (Lipinski definition) is 2. The monoisotopic (exact) mass is 335 g/mol. The summed E-state index contributed by atoms with van der Waals surface area (Å²) in [4.78, 5) is 8.85. The molecule has 2 N–H and O–H groups in total. The van der Waals surface area contributed by atoms with Crippen LogP contribution in [-0.4, -0.2) is 39.3 Å². The topological polar surface area (TPSA) is 80.0 Å². The Morgan fingerprint density at radius 3 is 2.87 bits per heavy atom. The van der Waals surface area contributed by atoms with Crippen LogP contribution in [0.15, 0.2) is 16.7 Å². The Kier molecular flexibility index (Phi) is 6.52. The number of aliphatic imine (C=N–C) groups is 1. The fourth-order valence-corrected chi connectivity index (χ4v) is 2.98. The molecule has 126 valence electrons. The van der Waals surface area contributed by atoms with Gasteiger partial charge in [0, 0.05) is 31.9 Å². The molecule has 2 heterocycles. The zero-order valence-electron chi connectivity index (χ0n) is 14.2. The number of thiazole rings is 1. The van der Waals surface area contributed by atoms with Gasteiger partial charge in [-0.15, -0.1) is 21.5 Å². The average Bonchev–Trinajstić information content (AvgIpc) is 3.19. The van der Waals surface area contributed by atoms with Crippen molar-refractivity contribution < 1.29 is 0 Å². The molecule has 0 aliphatic rings. The first-order chi connectivity index (χ1) is 11.1. The number of rotatable bonds is 7. The predicted molar refractivity (Wildman–Crippen MR) is 93.8 cm³/mol. The number of nitrogens with one attached hydrogen (secondary N) is 2. The smallest absolute Gasteiger partial charge is 0.191 e. The van der Waals surface area contributed by atoms with Gasteiger partial charge >= 0.3 is 0 Å². The molecule has 0 saturated carbocycles. The molecule has 0 aliphatic heterocycles. The molecule has 0 saturated heterocycles. The van der Waals surface area contributed by atoms with Crippen LogP contribution in [0.2, 0.25) is 0 Å². The Labute approximate surface area is 141 Å². The second-order valence-electron chi connectivity index (χ2n) is 5.47. The van der Waals surface area contributed by atoms with Gasteiger partial charge in [0.05, 0.1) is 12.2 Å². The van der Waals surface area contributed by atoms with E-state index in [1.807, 2.05) is 0 Å². The lowest BCUT2D eigenvalue weighted by Gasteiger charge is -2.11. The summed E-state index contributed by atoms with van der Waals surface area (Å²) in [5.74, 6) is 2.24. The van der Waals surface area contributed by atoms with Gasteiger partial charge in [0.15, 0.2) is 5.96 Å². The highest BCUT2D eigenvalue weighted by atomic mass is 32.1. The zero-order valence-corrected chi connectivity index (χ0v) is 15.0. The molecule has 0 fully saturated rings. The van der Waals surface area contributed by atoms with E-state index < -0.39 is 0 Å². The van der Waals surface area contributed by atoms with Crippen molar-refractivity contribution in [1.82, 2.24) is 30.4 Å². The first-order valence-corrected chi connectivity index (χ1v) is 8.77. The van der Waals surface area contributed by atoms with Crippen LogP contribution in [0.25, 0.3) is 0 Å². The molecule has 0 atom stereocenters. The maximum atomic E-state index is 4.61. The molecular weight excluding hydrogens is 310 g/mol. The minimum Gasteiger partial charge on any atom is -0.355 e. The van der Waals surface area contributed by atoms with E-state index in [0.29, 0.717) is 12.5 Å². The molecule has 0 unspecified atom stereocenters. The first-order valence-electron chi connectivity index (χ1n) is 7.89. The highest BCUT2D eigenvalue weighted by Crippen LogP contribution is 2.17. The van der Waals surface area contributed by atoms with Gasteiger partial charge in [-0.2, -0.15) is 0 Å². The second kappa shape index (κ2) is 8.61. The summed E-state index contributed by atoms with van der Waals surface area (Å²) in [6.45, 7) is 8.65. The Morgan fingerprint density at radius 2 is 2.22 bits per heavy atom. The van der Waals surface area contributed by atoms with E-state index in [-0.39, 0.29) is 0 Å². The number of nitrogens with zero attached hydrogens (tertiary/aromatic N) is 5. The van der Waals surface area contributed by atoms with E-state index >= 15 is 0 Å². The molecule has 0 spiro atoms. The standard InChI is InChI=1S/C15H25N7S/c1-5-13-21-19-10-22(13)7-6-17-15(16-4)18-8-14-20-12(9-23-14)11(2)3/h9-11H,5-8H2,1-4H3,(H2,16,17,18). The Bertz CT molecular complexity index is 629. The molecule has 7 nitrogen and oxygen atoms in total. The van der Waals surface area contributed by atoms with E-state index in [4.69, 9.17) is 0 Å². The van der Waals surface area contributed by atoms with Crippen LogP contribution in [0.1, 0.15) is 43.2 Å². The molecule has 0 amide bonds. The maximum Gasteiger partial charge on any atom is 0.191 e. The van der Waals surface area contributed by atoms with Crippen LogP contribution in [-0.2, 0) is 19.5 Å². The van der Waals surface area contributed by atoms with Gasteiger partial charge in [-0.3, -0.25) is 4.99 Å². The average molecular weight is 335 g/mol. The molecule has 0 bridgehead atoms. The summed E-state index contributed by atoms with van der Waals surface area (Å²) in [6.07, 6.45) is 2.65. The van der Waals surface area contributed by atoms with E-state index in [0.717, 1.165) is 42.0 Å². The van der Waals surface area contributed by atoms with Crippen molar-refractivity contribution in [2.24, 2.45) is 4.99 Å². The largest absolute Gasteiger partial charge is 0.355 e. The lowest BCUT2D eigenvalue weighted by Crippen LogP contribution is -2.38. The van der Waals surface area contributed by atoms with E-state index in [2.05, 4.69) is 61.5 Å². The van der Waals surface area contributed by atoms with E-state index in [9.17, 15) is 0 Å². The van der Waals surface area contributed by atoms with Gasteiger partial charge in [0.25, 0.3) is 0 Å². The quantitative estimate of drug-likeness (QED) is 0.595. The van der Waals surface area contributed by atoms with Crippen molar-refractivity contribution in [2.75, 3.05) is 13.6 Å². The van der Waals surface area contributed by atoms with Crippen molar-refractivity contribution in [3.8, 4) is 0 Å². The van der Waals surface area contributed by atoms with Gasteiger partial charge in [-0.05, 0) is 5.92 Å². The SMILES string of the molecule is CCc1nncn1CCNC(=NC)NCc1nc(C(C)C)cs1. The molecule has 0 aliphatic carbocycles. The van der Waals surface area contributed by atoms with Crippen molar-refractivity contribution in [2.45, 2.75) is 46.2 Å². The molecule has 2 aromatic rings. The summed E-state index contributed by atoms with van der Waals surface area (Å²) in [7, 11) is 1.77. The van der Waals surface area contributed by atoms with Gasteiger partial charge in [-0.1, -0.05) is 20.8 Å². The fourth-order valence-electron chi connectivity index (χ4n) is 2.09. The number of hydrogen-bond acceptors (Lipinski definition) is 5. The summed E-state index contributed by atoms with van der Waals surface area (Å²) in [5, 5.41) is 17.8. The van der Waals surface area contributed by atoms with Crippen molar-refractivity contribution in [3.05, 3.63) is 28.2 Å². The highest BCUT2D eigenvalue weighted by Gasteiger charge is 2.06. The lowest BCUT2D eigenvalue weighted by atomic mass is 10.2. The minimum absolute atomic E-state index is 0.467. The molecule has 2 rings (SSSR count). The number of aryl methyl sites for hydroxylation is 1. The summed E-state index contributed by atoms with van der Waals surface area (Å²) in [5.41, 5.74) is 1.15. The van der Waals surface area contributed by atoms with Crippen LogP contribution in [0.3, 0.4) is 0 Å². The summed E-state index contributed by atoms with van der Waals surface area (Å²) < 4.78 is 2.05. The maximum absolute atomic E-state index is 4.61. The molecule has 8 heteroatoms. The first kappa shape index (κ1) is 17.4. The van der Waals surface area contributed by atoms with Crippen molar-refractivity contribution >= 4 is 17.3 Å². The second-order valence-corrected chi connectivity index (χ2v) is 6.41. The van der Waals surface area contributed by atoms with Crippen LogP contribution in [0.4, 0.5) is 0 Å². The minimum atomic E-state index is 0.467. The normalized spacial score (nSPS) is 12.0. The molecule has 23 heavy (non-hydrogen) atoms. The molecular formula is C15H25N7S. The summed E-state index contributed by atoms with van der Waals surface area (Å²) in [6, 6.07) is 0. The van der Waals surface area contributed by atoms with Gasteiger partial charge in [-0.25, -0.2) is 4.98 Å². The molecule has 0 radical (unpaired) electrons. The van der Waals surface area contributed by atoms with Crippen LogP contribution >= 0.6 is 11.3 Å². The van der Waals surface area contributed by atoms with Crippen LogP contribution < -0.4 is 10.6 Å². The van der Waals surface area contributed by atoms with E-state index in [1.165, 1.54) is 0 Å². The zero-order chi connectivity index (χ0) is 16.7. The Hall–Kier alpha value is -1.96. The number of guanidine groups is 1. The molecule has 0 aromatic carbocycles. The highest BCUT2D eigenvalue weighted by molar-refractivity contribution is 7.09. The Balaban J connectivity index is 1.77. The van der Waals surface area contributed by atoms with Crippen molar-refractivity contribution in [3.63, 3.8) is 0 Å². The Morgan fingerprint density at radius 1 is 1.39 bits per heavy atom. The van der Waals surface area contributed by atoms with Crippen molar-refractivity contribution in [1.29, 1.82) is 0 Å². The third kappa shape index (κ3) is 5.02. The lowest BCUT2D eigenvalue weighted by molar-refractivity contribution is 0.632. The third-order valence-corrected chi connectivity index (χ3v) is 4.32. The number of aromatic nitrogens is 4. The van der Waals surface area contributed by atoms with Gasteiger partial charge < -0.3 is 15.2 Å². The predicted octanol–water partition coefficient (Wildman–Crippen LogP) is 1.79. The van der Waals surface area contributed by atoms with Gasteiger partial charge in [0.1, 0.15) is 17.2 Å². The molecule has 2 aromatic heterocycles. The third-order valence-electron chi connectivity index (χ3n) is 3.45. The van der Waals surface area contributed by atoms with Crippen LogP contribution in [0.5, 0.6) is 0 Å². The van der Waals surface area contributed by atoms with E-state index in [1.54, 1.807) is 24.7 Å². The fraction of sp³-hybridized carbons (Fsp3) is 0.600. The van der Waals surface area contributed by atoms with Gasteiger partial charge in [0.2, 0.25) is 0 Å². The van der Waals surface area contributed by atoms with Crippen LogP contribution in [0, 0.1) is 0 Å². The summed E-state index contributed by atoms with van der Waals surface area (Å²) >= 11 is 1.68.